The Morgan fingerprint density at radius 2 is 0.795 bits per heavy atom. The summed E-state index contributed by atoms with van der Waals surface area (Å²) in [6, 6.07) is 26.8. The molecule has 0 saturated heterocycles. The normalized spacial score (nSPS) is 12.8. The Morgan fingerprint density at radius 1 is 0.397 bits per heavy atom. The van der Waals surface area contributed by atoms with Crippen LogP contribution in [0.5, 0.6) is 5.75 Å². The Labute approximate surface area is 445 Å². The van der Waals surface area contributed by atoms with E-state index >= 15 is 0 Å². The number of carbonyl (C=O) groups excluding carboxylic acids is 1. The van der Waals surface area contributed by atoms with Crippen LogP contribution < -0.4 is 5.32 Å². The first-order valence-electron chi connectivity index (χ1n) is 22.6. The number of fused-ring (bicyclic) bond motifs is 2. The van der Waals surface area contributed by atoms with Gasteiger partial charge < -0.3 is 10.4 Å². The van der Waals surface area contributed by atoms with Gasteiger partial charge in [-0.15, -0.1) is 10.2 Å². The molecule has 6 N–H and O–H groups in total. The minimum atomic E-state index is -5.16. The quantitative estimate of drug-likeness (QED) is 0.0435. The zero-order chi connectivity index (χ0) is 56.8. The van der Waals surface area contributed by atoms with Gasteiger partial charge in [0.05, 0.1) is 39.0 Å². The standard InChI is InChI=1S/C51H43N9O14S4/c1-26-15-40(54-56-42-18-31(6)44(19-30(42)5)58-60-49-48(78(72,73)74)23-33-20-35(12-13-37(33)50(49)61)52-51(62)32-10-8-7-9-11-32)27(2)14-39(26)53-55-41-16-29(4)43(17-28(41)3)57-59-45-25-38-34(22-47(45)77(69,70)71)21-36(75(63,64)65)24-46(38)76(66,67)68/h7-25,61H,1-6H3,(H,52,62)(H,63,64,65)(H,66,67,68)(H,69,70,71)(H,72,73,74). The topological polar surface area (TPSA) is 366 Å². The van der Waals surface area contributed by atoms with Crippen molar-refractivity contribution >= 4 is 119 Å². The molecule has 23 nitrogen and oxygen atoms in total. The summed E-state index contributed by atoms with van der Waals surface area (Å²) in [5.41, 5.74) is 5.64. The summed E-state index contributed by atoms with van der Waals surface area (Å²) in [7, 11) is -20.2. The number of rotatable bonds is 14. The second kappa shape index (κ2) is 21.2. The Morgan fingerprint density at radius 3 is 1.22 bits per heavy atom. The molecule has 0 radical (unpaired) electrons. The van der Waals surface area contributed by atoms with Crippen LogP contribution in [0.1, 0.15) is 43.7 Å². The molecule has 27 heteroatoms. The Balaban J connectivity index is 1.00. The van der Waals surface area contributed by atoms with Gasteiger partial charge in [-0.1, -0.05) is 18.2 Å². The monoisotopic (exact) mass is 1130 g/mol. The predicted octanol–water partition coefficient (Wildman–Crippen LogP) is 13.4. The highest BCUT2D eigenvalue weighted by molar-refractivity contribution is 7.87. The number of anilines is 1. The molecular formula is C51H43N9O14S4. The number of carbonyl (C=O) groups is 1. The van der Waals surface area contributed by atoms with Crippen molar-refractivity contribution in [2.24, 2.45) is 40.9 Å². The number of aryl methyl sites for hydroxylation is 6. The molecule has 0 aliphatic carbocycles. The second-order valence-corrected chi connectivity index (χ2v) is 23.4. The van der Waals surface area contributed by atoms with E-state index in [0.717, 1.165) is 18.2 Å². The lowest BCUT2D eigenvalue weighted by Crippen LogP contribution is -2.11. The zero-order valence-electron chi connectivity index (χ0n) is 41.6. The van der Waals surface area contributed by atoms with Gasteiger partial charge in [-0.3, -0.25) is 23.0 Å². The minimum absolute atomic E-state index is 0.179. The SMILES string of the molecule is Cc1cc(N=Nc2cc(C)c(N=Nc3c(S(=O)(=O)O)cc4cc(NC(=O)c5ccccc5)ccc4c3O)cc2C)c(C)cc1N=Nc1cc(C)c(N=Nc2cc3c(S(=O)(=O)O)cc(S(=O)(=O)O)cc3cc2S(=O)(=O)O)cc1C. The van der Waals surface area contributed by atoms with Crippen molar-refractivity contribution in [1.29, 1.82) is 0 Å². The molecule has 0 heterocycles. The van der Waals surface area contributed by atoms with Crippen LogP contribution in [0.4, 0.5) is 51.2 Å². The summed E-state index contributed by atoms with van der Waals surface area (Å²) in [5.74, 6) is -0.980. The molecule has 400 valence electrons. The maximum absolute atomic E-state index is 12.7. The number of amides is 1. The van der Waals surface area contributed by atoms with Gasteiger partial charge in [-0.2, -0.15) is 64.4 Å². The fourth-order valence-electron chi connectivity index (χ4n) is 7.91. The summed E-state index contributed by atoms with van der Waals surface area (Å²) in [6.07, 6.45) is 0. The number of hydrogen-bond acceptors (Lipinski definition) is 18. The third kappa shape index (κ3) is 12.2. The van der Waals surface area contributed by atoms with Gasteiger partial charge in [-0.25, -0.2) is 0 Å². The highest BCUT2D eigenvalue weighted by atomic mass is 32.2. The van der Waals surface area contributed by atoms with Crippen LogP contribution in [-0.2, 0) is 40.5 Å². The predicted molar refractivity (Wildman–Crippen MR) is 288 cm³/mol. The highest BCUT2D eigenvalue weighted by Crippen LogP contribution is 2.44. The summed E-state index contributed by atoms with van der Waals surface area (Å²) in [5, 5.41) is 47.8. The summed E-state index contributed by atoms with van der Waals surface area (Å²) in [6.45, 7) is 10.4. The Kier molecular flexibility index (Phi) is 15.2. The van der Waals surface area contributed by atoms with Crippen molar-refractivity contribution in [3.63, 3.8) is 0 Å². The van der Waals surface area contributed by atoms with Crippen LogP contribution in [-0.4, -0.2) is 62.9 Å². The smallest absolute Gasteiger partial charge is 0.296 e. The number of nitrogens with one attached hydrogen (secondary N) is 1. The first-order valence-corrected chi connectivity index (χ1v) is 28.4. The number of hydrogen-bond donors (Lipinski definition) is 6. The van der Waals surface area contributed by atoms with Crippen molar-refractivity contribution in [1.82, 2.24) is 0 Å². The van der Waals surface area contributed by atoms with Gasteiger partial charge >= 0.3 is 0 Å². The summed E-state index contributed by atoms with van der Waals surface area (Å²) < 4.78 is 138. The van der Waals surface area contributed by atoms with Crippen LogP contribution in [0.3, 0.4) is 0 Å². The van der Waals surface area contributed by atoms with E-state index in [2.05, 4.69) is 46.2 Å². The molecule has 0 aromatic heterocycles. The number of phenolic OH excluding ortho intramolecular Hbond substituents is 1. The van der Waals surface area contributed by atoms with Gasteiger partial charge in [0.15, 0.2) is 5.75 Å². The molecule has 0 saturated carbocycles. The van der Waals surface area contributed by atoms with E-state index in [0.29, 0.717) is 85.2 Å². The zero-order valence-corrected chi connectivity index (χ0v) is 44.9. The molecule has 1 amide bonds. The lowest BCUT2D eigenvalue weighted by Gasteiger charge is -2.11. The highest BCUT2D eigenvalue weighted by Gasteiger charge is 2.26. The molecule has 0 aliphatic rings. The van der Waals surface area contributed by atoms with Gasteiger partial charge in [0.2, 0.25) is 0 Å². The van der Waals surface area contributed by atoms with E-state index in [4.69, 9.17) is 0 Å². The van der Waals surface area contributed by atoms with E-state index in [1.54, 1.807) is 108 Å². The molecule has 8 aromatic carbocycles. The molecule has 78 heavy (non-hydrogen) atoms. The van der Waals surface area contributed by atoms with Crippen molar-refractivity contribution in [3.05, 3.63) is 154 Å². The van der Waals surface area contributed by atoms with Crippen LogP contribution in [0.2, 0.25) is 0 Å². The Hall–Kier alpha value is -8.41. The maximum Gasteiger partial charge on any atom is 0.296 e. The number of azo groups is 4. The van der Waals surface area contributed by atoms with Crippen molar-refractivity contribution in [2.75, 3.05) is 5.32 Å². The third-order valence-corrected chi connectivity index (χ3v) is 15.5. The van der Waals surface area contributed by atoms with Crippen LogP contribution >= 0.6 is 0 Å². The minimum Gasteiger partial charge on any atom is -0.505 e. The van der Waals surface area contributed by atoms with E-state index in [-0.39, 0.29) is 16.5 Å². The van der Waals surface area contributed by atoms with E-state index in [9.17, 15) is 61.8 Å². The van der Waals surface area contributed by atoms with E-state index < -0.39 is 93.9 Å². The molecule has 0 spiro atoms. The summed E-state index contributed by atoms with van der Waals surface area (Å²) >= 11 is 0. The van der Waals surface area contributed by atoms with Crippen LogP contribution in [0.25, 0.3) is 21.5 Å². The van der Waals surface area contributed by atoms with E-state index in [1.165, 1.54) is 18.2 Å². The van der Waals surface area contributed by atoms with Crippen LogP contribution in [0.15, 0.2) is 176 Å². The molecular weight excluding hydrogens is 1090 g/mol. The largest absolute Gasteiger partial charge is 0.505 e. The summed E-state index contributed by atoms with van der Waals surface area (Å²) in [4.78, 5) is 9.17. The van der Waals surface area contributed by atoms with Crippen LogP contribution in [0, 0.1) is 41.5 Å². The first-order chi connectivity index (χ1) is 36.5. The van der Waals surface area contributed by atoms with Crippen molar-refractivity contribution in [3.8, 4) is 5.75 Å². The maximum atomic E-state index is 12.7. The van der Waals surface area contributed by atoms with Gasteiger partial charge in [-0.05, 0) is 183 Å². The first kappa shape index (κ1) is 55.8. The molecule has 0 unspecified atom stereocenters. The van der Waals surface area contributed by atoms with Gasteiger partial charge in [0.25, 0.3) is 46.4 Å². The molecule has 0 atom stereocenters. The number of nitrogens with zero attached hydrogens (tertiary/aromatic N) is 8. The molecule has 0 fully saturated rings. The number of phenols is 1. The number of benzene rings is 8. The molecule has 0 aliphatic heterocycles. The van der Waals surface area contributed by atoms with E-state index in [1.807, 2.05) is 0 Å². The lowest BCUT2D eigenvalue weighted by molar-refractivity contribution is 0.102. The fourth-order valence-corrected chi connectivity index (χ4v) is 10.6. The lowest BCUT2D eigenvalue weighted by atomic mass is 10.1. The molecule has 0 bridgehead atoms. The average molecular weight is 1130 g/mol. The molecule has 8 rings (SSSR count). The number of aromatic hydroxyl groups is 1. The Bertz CT molecular complexity index is 4460. The van der Waals surface area contributed by atoms with Crippen molar-refractivity contribution in [2.45, 2.75) is 61.1 Å². The third-order valence-electron chi connectivity index (χ3n) is 12.0. The average Bonchev–Trinajstić information content (AvgIpc) is 3.46. The van der Waals surface area contributed by atoms with Gasteiger partial charge in [0.1, 0.15) is 26.1 Å². The second-order valence-electron chi connectivity index (χ2n) is 17.8. The fraction of sp³-hybridized carbons (Fsp3) is 0.118. The molecule has 8 aromatic rings. The van der Waals surface area contributed by atoms with Gasteiger partial charge in [0, 0.05) is 22.0 Å². The van der Waals surface area contributed by atoms with Crippen molar-refractivity contribution < 1.29 is 61.8 Å².